The van der Waals surface area contributed by atoms with E-state index in [1.54, 1.807) is 0 Å². The number of carbonyl (C=O) groups excluding carboxylic acids is 2. The maximum atomic E-state index is 11.5. The van der Waals surface area contributed by atoms with Crippen molar-refractivity contribution in [2.24, 2.45) is 0 Å². The summed E-state index contributed by atoms with van der Waals surface area (Å²) < 4.78 is 3.59. The fourth-order valence-electron chi connectivity index (χ4n) is 1.35. The van der Waals surface area contributed by atoms with Gasteiger partial charge in [0.05, 0.1) is 0 Å². The van der Waals surface area contributed by atoms with Crippen molar-refractivity contribution >= 4 is 59.2 Å². The van der Waals surface area contributed by atoms with Gasteiger partial charge in [-0.3, -0.25) is 0 Å². The van der Waals surface area contributed by atoms with Crippen LogP contribution in [0.1, 0.15) is 13.8 Å². The Morgan fingerprint density at radius 2 is 1.15 bits per heavy atom. The summed E-state index contributed by atoms with van der Waals surface area (Å²) in [5.41, 5.74) is -2.47. The lowest BCUT2D eigenvalue weighted by molar-refractivity contribution is -0.146. The molecule has 0 aliphatic rings. The molecular weight excluding hydrogens is 424 g/mol. The van der Waals surface area contributed by atoms with E-state index in [0.29, 0.717) is 0 Å². The van der Waals surface area contributed by atoms with Crippen molar-refractivity contribution in [3.63, 3.8) is 0 Å². The monoisotopic (exact) mass is 442 g/mol. The molecular formula is C14H18O10S3. The summed E-state index contributed by atoms with van der Waals surface area (Å²) in [6.07, 6.45) is 1.62. The zero-order chi connectivity index (χ0) is 21.4. The smallest absolute Gasteiger partial charge is 0.357 e. The Morgan fingerprint density at radius 1 is 0.852 bits per heavy atom. The molecule has 0 spiro atoms. The predicted molar refractivity (Wildman–Crippen MR) is 99.4 cm³/mol. The van der Waals surface area contributed by atoms with Gasteiger partial charge in [0.2, 0.25) is 0 Å². The molecule has 0 bridgehead atoms. The number of aliphatic hydroxyl groups is 2. The lowest BCUT2D eigenvalue weighted by Crippen LogP contribution is -2.43. The molecule has 0 radical (unpaired) electrons. The molecule has 10 nitrogen and oxygen atoms in total. The van der Waals surface area contributed by atoms with E-state index in [1.165, 1.54) is 13.8 Å². The molecule has 0 heterocycles. The second-order valence-corrected chi connectivity index (χ2v) is 9.41. The van der Waals surface area contributed by atoms with Crippen LogP contribution >= 0.6 is 35.3 Å². The maximum Gasteiger partial charge on any atom is 0.357 e. The van der Waals surface area contributed by atoms with Gasteiger partial charge < -0.3 is 29.9 Å². The van der Waals surface area contributed by atoms with Crippen LogP contribution in [0.15, 0.2) is 25.3 Å². The van der Waals surface area contributed by atoms with Crippen LogP contribution in [0.3, 0.4) is 0 Å². The van der Waals surface area contributed by atoms with Gasteiger partial charge in [0.25, 0.3) is 8.53 Å². The van der Waals surface area contributed by atoms with Gasteiger partial charge in [-0.1, -0.05) is 36.7 Å². The normalized spacial score (nSPS) is 17.3. The largest absolute Gasteiger partial charge is 0.478 e. The van der Waals surface area contributed by atoms with Crippen molar-refractivity contribution in [3.05, 3.63) is 25.3 Å². The zero-order valence-corrected chi connectivity index (χ0v) is 16.6. The summed E-state index contributed by atoms with van der Waals surface area (Å²) in [5, 5.41) is 39.2. The molecule has 0 aromatic carbocycles. The molecule has 0 saturated carbocycles. The molecule has 0 aromatic rings. The first-order chi connectivity index (χ1) is 12.3. The van der Waals surface area contributed by atoms with Crippen molar-refractivity contribution in [3.8, 4) is 0 Å². The summed E-state index contributed by atoms with van der Waals surface area (Å²) in [6, 6.07) is 0. The third-order valence-corrected chi connectivity index (χ3v) is 6.19. The number of esters is 2. The second-order valence-electron chi connectivity index (χ2n) is 4.53. The summed E-state index contributed by atoms with van der Waals surface area (Å²) in [4.78, 5) is 45.2. The van der Waals surface area contributed by atoms with Gasteiger partial charge in [0.15, 0.2) is 0 Å². The molecule has 0 amide bonds. The molecule has 4 atom stereocenters. The van der Waals surface area contributed by atoms with Gasteiger partial charge in [-0.05, 0) is 25.6 Å². The number of ether oxygens (including phenoxy) is 2. The van der Waals surface area contributed by atoms with Crippen LogP contribution < -0.4 is 0 Å². The topological polar surface area (TPSA) is 168 Å². The molecule has 0 rings (SSSR count). The number of rotatable bonds is 12. The summed E-state index contributed by atoms with van der Waals surface area (Å²) in [5.74, 6) is -5.62. The number of thioether (sulfide) groups is 3. The summed E-state index contributed by atoms with van der Waals surface area (Å²) in [6.45, 7) is 8.76. The van der Waals surface area contributed by atoms with Crippen LogP contribution in [0.5, 0.6) is 0 Å². The van der Waals surface area contributed by atoms with Crippen LogP contribution in [0.4, 0.5) is 0 Å². The fraction of sp³-hybridized carbons (Fsp3) is 0.429. The average Bonchev–Trinajstić information content (AvgIpc) is 2.53. The Kier molecular flexibility index (Phi) is 9.95. The van der Waals surface area contributed by atoms with Crippen molar-refractivity contribution < 1.29 is 49.1 Å². The molecule has 0 fully saturated rings. The van der Waals surface area contributed by atoms with E-state index in [0.717, 1.165) is 12.2 Å². The third-order valence-electron chi connectivity index (χ3n) is 2.37. The van der Waals surface area contributed by atoms with Crippen molar-refractivity contribution in [1.29, 1.82) is 0 Å². The fourth-order valence-corrected chi connectivity index (χ4v) is 5.36. The molecule has 4 unspecified atom stereocenters. The maximum absolute atomic E-state index is 11.5. The first-order valence-corrected chi connectivity index (χ1v) is 9.50. The third kappa shape index (κ3) is 8.26. The van der Waals surface area contributed by atoms with Crippen LogP contribution in [-0.4, -0.2) is 63.7 Å². The van der Waals surface area contributed by atoms with E-state index in [2.05, 4.69) is 13.2 Å². The Labute approximate surface area is 167 Å². The first kappa shape index (κ1) is 25.3. The molecule has 27 heavy (non-hydrogen) atoms. The van der Waals surface area contributed by atoms with E-state index >= 15 is 0 Å². The number of hydrogen-bond donors (Lipinski definition) is 4. The highest BCUT2D eigenvalue weighted by Gasteiger charge is 2.53. The zero-order valence-electron chi connectivity index (χ0n) is 14.2. The minimum Gasteiger partial charge on any atom is -0.478 e. The van der Waals surface area contributed by atoms with Gasteiger partial charge in [-0.15, -0.1) is 0 Å². The number of carboxylic acid groups (broad SMARTS) is 2. The quantitative estimate of drug-likeness (QED) is 0.190. The van der Waals surface area contributed by atoms with E-state index < -0.39 is 43.3 Å². The molecule has 152 valence electrons. The van der Waals surface area contributed by atoms with Crippen molar-refractivity contribution in [2.45, 2.75) is 33.2 Å². The highest BCUT2D eigenvalue weighted by atomic mass is 32.2. The Hall–Kier alpha value is -1.67. The molecule has 0 aliphatic carbocycles. The van der Waals surface area contributed by atoms with E-state index in [9.17, 15) is 39.6 Å². The SMILES string of the molecule is C=CC(=O)OC(C)SC(O)(SC(O)(SC(C)OC(=O)C=C)C(=O)O)C(=O)O. The molecule has 0 aromatic heterocycles. The van der Waals surface area contributed by atoms with E-state index in [4.69, 9.17) is 9.47 Å². The standard InChI is InChI=1S/C14H18O10S3/c1-5-9(15)23-7(3)25-13(21,11(17)18)27-14(22,12(19)20)26-8(4)24-10(16)6-2/h5-8,21-22H,1-2H2,3-4H3,(H,17,18)(H,19,20). The number of carboxylic acids is 2. The van der Waals surface area contributed by atoms with Crippen LogP contribution in [0.2, 0.25) is 0 Å². The van der Waals surface area contributed by atoms with Gasteiger partial charge in [0, 0.05) is 12.2 Å². The molecule has 13 heteroatoms. The van der Waals surface area contributed by atoms with E-state index in [1.807, 2.05) is 0 Å². The van der Waals surface area contributed by atoms with Crippen LogP contribution in [-0.2, 0) is 28.7 Å². The number of aliphatic carboxylic acids is 2. The van der Waals surface area contributed by atoms with Crippen LogP contribution in [0.25, 0.3) is 0 Å². The Balaban J connectivity index is 5.47. The van der Waals surface area contributed by atoms with Gasteiger partial charge in [-0.25, -0.2) is 19.2 Å². The summed E-state index contributed by atoms with van der Waals surface area (Å²) in [7, 11) is 0. The minimum absolute atomic E-state index is 0.156. The van der Waals surface area contributed by atoms with Crippen molar-refractivity contribution in [1.82, 2.24) is 0 Å². The highest BCUT2D eigenvalue weighted by molar-refractivity contribution is 8.27. The van der Waals surface area contributed by atoms with E-state index in [-0.39, 0.29) is 35.3 Å². The minimum atomic E-state index is -2.93. The number of hydrogen-bond acceptors (Lipinski definition) is 11. The molecule has 4 N–H and O–H groups in total. The Bertz CT molecular complexity index is 572. The lowest BCUT2D eigenvalue weighted by atomic mass is 10.6. The second kappa shape index (κ2) is 10.6. The molecule has 0 aliphatic heterocycles. The van der Waals surface area contributed by atoms with Crippen LogP contribution in [0, 0.1) is 0 Å². The number of carbonyl (C=O) groups is 4. The average molecular weight is 442 g/mol. The first-order valence-electron chi connectivity index (χ1n) is 6.93. The van der Waals surface area contributed by atoms with Gasteiger partial charge >= 0.3 is 23.9 Å². The predicted octanol–water partition coefficient (Wildman–Crippen LogP) is 0.798. The summed E-state index contributed by atoms with van der Waals surface area (Å²) >= 11 is 0.0526. The molecule has 0 saturated heterocycles. The Morgan fingerprint density at radius 3 is 1.37 bits per heavy atom. The highest BCUT2D eigenvalue weighted by Crippen LogP contribution is 2.49. The lowest BCUT2D eigenvalue weighted by Gasteiger charge is -2.32. The van der Waals surface area contributed by atoms with Crippen molar-refractivity contribution in [2.75, 3.05) is 0 Å². The van der Waals surface area contributed by atoms with Gasteiger partial charge in [0.1, 0.15) is 10.9 Å². The van der Waals surface area contributed by atoms with Gasteiger partial charge in [-0.2, -0.15) is 0 Å².